The lowest BCUT2D eigenvalue weighted by Crippen LogP contribution is -2.18. The van der Waals surface area contributed by atoms with Crippen LogP contribution in [0.25, 0.3) is 10.8 Å². The molecule has 0 saturated carbocycles. The molecule has 0 bridgehead atoms. The number of hydrogen-bond donors (Lipinski definition) is 1. The zero-order valence-corrected chi connectivity index (χ0v) is 18.2. The molecule has 160 valence electrons. The highest BCUT2D eigenvalue weighted by Gasteiger charge is 2.13. The molecule has 4 rings (SSSR count). The number of hydrogen-bond acceptors (Lipinski definition) is 4. The number of amides is 1. The molecule has 0 spiro atoms. The summed E-state index contributed by atoms with van der Waals surface area (Å²) in [6, 6.07) is 26.4. The lowest BCUT2D eigenvalue weighted by Gasteiger charge is -2.10. The first-order valence-electron chi connectivity index (χ1n) is 10.0. The van der Waals surface area contributed by atoms with Gasteiger partial charge in [0.15, 0.2) is 0 Å². The molecule has 1 amide bonds. The number of methoxy groups -OCH3 is 1. The molecule has 6 heteroatoms. The third-order valence-electron chi connectivity index (χ3n) is 4.91. The van der Waals surface area contributed by atoms with Crippen molar-refractivity contribution in [3.05, 3.63) is 107 Å². The number of carbonyl (C=O) groups excluding carboxylic acids is 1. The van der Waals surface area contributed by atoms with Crippen molar-refractivity contribution < 1.29 is 14.3 Å². The van der Waals surface area contributed by atoms with E-state index in [2.05, 4.69) is 10.5 Å². The van der Waals surface area contributed by atoms with Crippen LogP contribution in [0.15, 0.2) is 90.0 Å². The van der Waals surface area contributed by atoms with E-state index in [0.717, 1.165) is 21.9 Å². The largest absolute Gasteiger partial charge is 0.496 e. The van der Waals surface area contributed by atoms with Crippen LogP contribution in [0, 0.1) is 0 Å². The van der Waals surface area contributed by atoms with Crippen molar-refractivity contribution in [1.29, 1.82) is 0 Å². The van der Waals surface area contributed by atoms with E-state index in [0.29, 0.717) is 28.7 Å². The second kappa shape index (κ2) is 9.98. The molecule has 0 fully saturated rings. The number of para-hydroxylation sites is 1. The average molecular weight is 445 g/mol. The normalized spacial score (nSPS) is 10.9. The molecule has 0 aliphatic rings. The first kappa shape index (κ1) is 21.4. The highest BCUT2D eigenvalue weighted by molar-refractivity contribution is 6.30. The Morgan fingerprint density at radius 1 is 0.938 bits per heavy atom. The number of nitrogens with one attached hydrogen (secondary N) is 1. The number of rotatable bonds is 7. The Morgan fingerprint density at radius 3 is 2.38 bits per heavy atom. The number of ether oxygens (including phenoxy) is 2. The lowest BCUT2D eigenvalue weighted by atomic mass is 10.1. The second-order valence-electron chi connectivity index (χ2n) is 7.05. The molecule has 4 aromatic carbocycles. The molecule has 32 heavy (non-hydrogen) atoms. The van der Waals surface area contributed by atoms with Crippen molar-refractivity contribution in [2.45, 2.75) is 6.61 Å². The van der Waals surface area contributed by atoms with Crippen LogP contribution >= 0.6 is 11.6 Å². The number of hydrazone groups is 1. The van der Waals surface area contributed by atoms with Gasteiger partial charge in [0, 0.05) is 10.6 Å². The molecule has 1 N–H and O–H groups in total. The van der Waals surface area contributed by atoms with Gasteiger partial charge in [-0.3, -0.25) is 4.79 Å². The van der Waals surface area contributed by atoms with Gasteiger partial charge < -0.3 is 9.47 Å². The maximum Gasteiger partial charge on any atom is 0.275 e. The van der Waals surface area contributed by atoms with E-state index in [4.69, 9.17) is 21.1 Å². The highest BCUT2D eigenvalue weighted by atomic mass is 35.5. The Balaban J connectivity index is 1.47. The first-order chi connectivity index (χ1) is 15.6. The summed E-state index contributed by atoms with van der Waals surface area (Å²) < 4.78 is 11.3. The van der Waals surface area contributed by atoms with E-state index in [1.54, 1.807) is 19.4 Å². The Labute approximate surface area is 191 Å². The summed E-state index contributed by atoms with van der Waals surface area (Å²) >= 11 is 5.93. The molecule has 0 unspecified atom stereocenters. The maximum absolute atomic E-state index is 12.7. The van der Waals surface area contributed by atoms with Crippen molar-refractivity contribution in [2.75, 3.05) is 7.11 Å². The van der Waals surface area contributed by atoms with Crippen molar-refractivity contribution in [3.8, 4) is 11.5 Å². The third-order valence-corrected chi connectivity index (χ3v) is 5.16. The lowest BCUT2D eigenvalue weighted by molar-refractivity contribution is 0.0952. The summed E-state index contributed by atoms with van der Waals surface area (Å²) in [6.45, 7) is 0.392. The van der Waals surface area contributed by atoms with E-state index in [1.807, 2.05) is 78.9 Å². The highest BCUT2D eigenvalue weighted by Crippen LogP contribution is 2.26. The molecule has 0 atom stereocenters. The van der Waals surface area contributed by atoms with Gasteiger partial charge in [0.1, 0.15) is 18.1 Å². The molecule has 0 aromatic heterocycles. The van der Waals surface area contributed by atoms with Crippen LogP contribution in [0.5, 0.6) is 11.5 Å². The molecular weight excluding hydrogens is 424 g/mol. The zero-order valence-electron chi connectivity index (χ0n) is 17.4. The van der Waals surface area contributed by atoms with Crippen molar-refractivity contribution >= 4 is 34.5 Å². The van der Waals surface area contributed by atoms with Crippen molar-refractivity contribution in [3.63, 3.8) is 0 Å². The molecule has 0 saturated heterocycles. The Kier molecular flexibility index (Phi) is 6.68. The summed E-state index contributed by atoms with van der Waals surface area (Å²) in [4.78, 5) is 12.7. The van der Waals surface area contributed by atoms with Crippen LogP contribution in [-0.2, 0) is 6.61 Å². The number of nitrogens with zero attached hydrogens (tertiary/aromatic N) is 1. The Morgan fingerprint density at radius 2 is 1.62 bits per heavy atom. The minimum absolute atomic E-state index is 0.358. The quantitative estimate of drug-likeness (QED) is 0.287. The standard InChI is InChI=1S/C26H21ClN2O3/c1-31-25-15-20-7-3-2-6-19(20)14-23(25)26(30)29-28-16-21-8-4-5-9-24(21)32-17-18-10-12-22(27)13-11-18/h2-16H,17H2,1H3,(H,29,30)/b28-16-. The zero-order chi connectivity index (χ0) is 22.3. The van der Waals surface area contributed by atoms with Crippen LogP contribution in [0.1, 0.15) is 21.5 Å². The smallest absolute Gasteiger partial charge is 0.275 e. The average Bonchev–Trinajstić information content (AvgIpc) is 2.83. The molecule has 5 nitrogen and oxygen atoms in total. The predicted octanol–water partition coefficient (Wildman–Crippen LogP) is 5.84. The molecular formula is C26H21ClN2O3. The fraction of sp³-hybridized carbons (Fsp3) is 0.0769. The van der Waals surface area contributed by atoms with Gasteiger partial charge in [0.05, 0.1) is 18.9 Å². The summed E-state index contributed by atoms with van der Waals surface area (Å²) in [5.41, 5.74) is 4.73. The second-order valence-corrected chi connectivity index (χ2v) is 7.49. The summed E-state index contributed by atoms with van der Waals surface area (Å²) in [6.07, 6.45) is 1.56. The first-order valence-corrected chi connectivity index (χ1v) is 10.4. The number of carbonyl (C=O) groups is 1. The predicted molar refractivity (Wildman–Crippen MR) is 128 cm³/mol. The van der Waals surface area contributed by atoms with Gasteiger partial charge >= 0.3 is 0 Å². The van der Waals surface area contributed by atoms with Crippen LogP contribution in [0.2, 0.25) is 5.02 Å². The third kappa shape index (κ3) is 5.07. The van der Waals surface area contributed by atoms with E-state index in [-0.39, 0.29) is 5.91 Å². The van der Waals surface area contributed by atoms with Crippen molar-refractivity contribution in [1.82, 2.24) is 5.43 Å². The Hall–Kier alpha value is -3.83. The van der Waals surface area contributed by atoms with Gasteiger partial charge in [-0.15, -0.1) is 0 Å². The maximum atomic E-state index is 12.7. The van der Waals surface area contributed by atoms with Gasteiger partial charge in [0.2, 0.25) is 0 Å². The van der Waals surface area contributed by atoms with Gasteiger partial charge in [-0.25, -0.2) is 5.43 Å². The molecule has 0 aliphatic heterocycles. The summed E-state index contributed by atoms with van der Waals surface area (Å²) in [7, 11) is 1.54. The van der Waals surface area contributed by atoms with Crippen molar-refractivity contribution in [2.24, 2.45) is 5.10 Å². The fourth-order valence-corrected chi connectivity index (χ4v) is 3.37. The van der Waals surface area contributed by atoms with Gasteiger partial charge in [0.25, 0.3) is 5.91 Å². The molecule has 4 aromatic rings. The van der Waals surface area contributed by atoms with E-state index < -0.39 is 0 Å². The Bertz CT molecular complexity index is 1270. The van der Waals surface area contributed by atoms with E-state index in [1.165, 1.54) is 0 Å². The fourth-order valence-electron chi connectivity index (χ4n) is 3.25. The summed E-state index contributed by atoms with van der Waals surface area (Å²) in [5.74, 6) is 0.787. The van der Waals surface area contributed by atoms with Gasteiger partial charge in [-0.2, -0.15) is 5.10 Å². The van der Waals surface area contributed by atoms with Crippen LogP contribution in [0.3, 0.4) is 0 Å². The van der Waals surface area contributed by atoms with E-state index >= 15 is 0 Å². The van der Waals surface area contributed by atoms with Gasteiger partial charge in [-0.05, 0) is 52.7 Å². The molecule has 0 heterocycles. The minimum atomic E-state index is -0.358. The van der Waals surface area contributed by atoms with Gasteiger partial charge in [-0.1, -0.05) is 60.1 Å². The number of halogens is 1. The summed E-state index contributed by atoms with van der Waals surface area (Å²) in [5, 5.41) is 6.75. The topological polar surface area (TPSA) is 59.9 Å². The monoisotopic (exact) mass is 444 g/mol. The number of benzene rings is 4. The number of fused-ring (bicyclic) bond motifs is 1. The van der Waals surface area contributed by atoms with Crippen LogP contribution in [0.4, 0.5) is 0 Å². The van der Waals surface area contributed by atoms with Crippen LogP contribution < -0.4 is 14.9 Å². The van der Waals surface area contributed by atoms with E-state index in [9.17, 15) is 4.79 Å². The SMILES string of the molecule is COc1cc2ccccc2cc1C(=O)N/N=C\c1ccccc1OCc1ccc(Cl)cc1. The molecule has 0 aliphatic carbocycles. The van der Waals surface area contributed by atoms with Crippen LogP contribution in [-0.4, -0.2) is 19.2 Å². The molecule has 0 radical (unpaired) electrons. The minimum Gasteiger partial charge on any atom is -0.496 e.